The number of carbonyl (C=O) groups is 2. The molecule has 3 rings (SSSR count). The van der Waals surface area contributed by atoms with Crippen LogP contribution in [-0.4, -0.2) is 28.4 Å². The number of carbonyl (C=O) groups excluding carboxylic acids is 2. The number of aliphatic hydroxyl groups excluding tert-OH is 1. The summed E-state index contributed by atoms with van der Waals surface area (Å²) in [5.74, 6) is -0.398. The Balaban J connectivity index is 1.83. The molecule has 2 amide bonds. The Morgan fingerprint density at radius 1 is 1.00 bits per heavy atom. The number of rotatable bonds is 3. The van der Waals surface area contributed by atoms with E-state index < -0.39 is 6.10 Å². The summed E-state index contributed by atoms with van der Waals surface area (Å²) in [4.78, 5) is 24.3. The highest BCUT2D eigenvalue weighted by atomic mass is 16.3. The Hall–Kier alpha value is -2.20. The van der Waals surface area contributed by atoms with Crippen LogP contribution < -0.4 is 0 Å². The van der Waals surface area contributed by atoms with Crippen molar-refractivity contribution in [2.45, 2.75) is 18.9 Å². The van der Waals surface area contributed by atoms with Crippen LogP contribution in [0.5, 0.6) is 0 Å². The number of benzene rings is 2. The van der Waals surface area contributed by atoms with Crippen LogP contribution in [0.3, 0.4) is 0 Å². The maximum absolute atomic E-state index is 11.6. The molecule has 0 saturated carbocycles. The van der Waals surface area contributed by atoms with Crippen LogP contribution >= 0.6 is 0 Å². The van der Waals surface area contributed by atoms with E-state index in [-0.39, 0.29) is 31.2 Å². The van der Waals surface area contributed by atoms with Gasteiger partial charge in [0.25, 0.3) is 0 Å². The van der Waals surface area contributed by atoms with Gasteiger partial charge in [-0.2, -0.15) is 0 Å². The molecule has 0 aliphatic carbocycles. The van der Waals surface area contributed by atoms with E-state index >= 15 is 0 Å². The highest BCUT2D eigenvalue weighted by molar-refractivity contribution is 6.01. The van der Waals surface area contributed by atoms with Gasteiger partial charge in [-0.15, -0.1) is 0 Å². The Kier molecular flexibility index (Phi) is 3.24. The number of β-amino-alcohol motifs (C(OH)–C–C–N with tert-alkyl or cyclic N) is 1. The lowest BCUT2D eigenvalue weighted by molar-refractivity contribution is -0.140. The molecule has 1 saturated heterocycles. The van der Waals surface area contributed by atoms with E-state index in [2.05, 4.69) is 0 Å². The minimum Gasteiger partial charge on any atom is -0.387 e. The van der Waals surface area contributed by atoms with Crippen LogP contribution in [-0.2, 0) is 9.59 Å². The first kappa shape index (κ1) is 12.8. The van der Waals surface area contributed by atoms with Crippen LogP contribution in [0.15, 0.2) is 42.5 Å². The van der Waals surface area contributed by atoms with E-state index in [1.807, 2.05) is 42.5 Å². The lowest BCUT2D eigenvalue weighted by atomic mass is 10.0. The molecule has 0 bridgehead atoms. The van der Waals surface area contributed by atoms with Gasteiger partial charge in [-0.3, -0.25) is 14.5 Å². The number of hydrogen-bond acceptors (Lipinski definition) is 3. The van der Waals surface area contributed by atoms with Crippen LogP contribution in [0.25, 0.3) is 10.8 Å². The van der Waals surface area contributed by atoms with Gasteiger partial charge in [-0.05, 0) is 22.4 Å². The molecule has 102 valence electrons. The molecule has 1 unspecified atom stereocenters. The zero-order valence-electron chi connectivity index (χ0n) is 11.0. The summed E-state index contributed by atoms with van der Waals surface area (Å²) in [5.41, 5.74) is 0.719. The van der Waals surface area contributed by atoms with Gasteiger partial charge in [0, 0.05) is 12.8 Å². The maximum Gasteiger partial charge on any atom is 0.229 e. The number of amides is 2. The molecule has 0 spiro atoms. The van der Waals surface area contributed by atoms with Crippen molar-refractivity contribution in [3.05, 3.63) is 48.0 Å². The molecule has 2 aromatic rings. The standard InChI is InChI=1S/C16H15NO3/c18-14(10-17-15(19)7-8-16(17)20)13-6-5-11-3-1-2-4-12(11)9-13/h1-6,9,14,18H,7-8,10H2. The number of nitrogens with zero attached hydrogens (tertiary/aromatic N) is 1. The SMILES string of the molecule is O=C1CCC(=O)N1CC(O)c1ccc2ccccc2c1. The molecule has 0 radical (unpaired) electrons. The topological polar surface area (TPSA) is 57.6 Å². The van der Waals surface area contributed by atoms with E-state index in [0.717, 1.165) is 21.2 Å². The van der Waals surface area contributed by atoms with Crippen LogP contribution in [0.2, 0.25) is 0 Å². The van der Waals surface area contributed by atoms with Crippen LogP contribution in [0.4, 0.5) is 0 Å². The van der Waals surface area contributed by atoms with Gasteiger partial charge in [0.15, 0.2) is 0 Å². The van der Waals surface area contributed by atoms with E-state index in [1.165, 1.54) is 0 Å². The zero-order chi connectivity index (χ0) is 14.1. The Morgan fingerprint density at radius 2 is 1.65 bits per heavy atom. The first-order valence-electron chi connectivity index (χ1n) is 6.65. The molecule has 1 fully saturated rings. The quantitative estimate of drug-likeness (QED) is 0.867. The van der Waals surface area contributed by atoms with Crippen molar-refractivity contribution in [2.24, 2.45) is 0 Å². The third-order valence-corrected chi connectivity index (χ3v) is 3.67. The minimum atomic E-state index is -0.842. The number of hydrogen-bond donors (Lipinski definition) is 1. The number of likely N-dealkylation sites (tertiary alicyclic amines) is 1. The van der Waals surface area contributed by atoms with Crippen molar-refractivity contribution in [1.82, 2.24) is 4.90 Å². The lowest BCUT2D eigenvalue weighted by Crippen LogP contribution is -2.33. The molecule has 2 aromatic carbocycles. The molecule has 1 aliphatic rings. The Morgan fingerprint density at radius 3 is 2.35 bits per heavy atom. The molecular weight excluding hydrogens is 254 g/mol. The van der Waals surface area contributed by atoms with Gasteiger partial charge in [0.05, 0.1) is 12.6 Å². The predicted molar refractivity (Wildman–Crippen MR) is 74.9 cm³/mol. The van der Waals surface area contributed by atoms with Gasteiger partial charge >= 0.3 is 0 Å². The van der Waals surface area contributed by atoms with E-state index in [9.17, 15) is 14.7 Å². The summed E-state index contributed by atoms with van der Waals surface area (Å²) in [6, 6.07) is 13.5. The van der Waals surface area contributed by atoms with E-state index in [4.69, 9.17) is 0 Å². The third kappa shape index (κ3) is 2.30. The average Bonchev–Trinajstić information content (AvgIpc) is 2.78. The van der Waals surface area contributed by atoms with Gasteiger partial charge in [-0.25, -0.2) is 0 Å². The lowest BCUT2D eigenvalue weighted by Gasteiger charge is -2.19. The van der Waals surface area contributed by atoms with Crippen molar-refractivity contribution >= 4 is 22.6 Å². The first-order valence-corrected chi connectivity index (χ1v) is 6.65. The molecule has 1 N–H and O–H groups in total. The van der Waals surface area contributed by atoms with E-state index in [0.29, 0.717) is 0 Å². The van der Waals surface area contributed by atoms with Crippen LogP contribution in [0, 0.1) is 0 Å². The molecule has 1 atom stereocenters. The summed E-state index contributed by atoms with van der Waals surface area (Å²) in [7, 11) is 0. The third-order valence-electron chi connectivity index (χ3n) is 3.67. The van der Waals surface area contributed by atoms with Gasteiger partial charge in [0.1, 0.15) is 0 Å². The average molecular weight is 269 g/mol. The largest absolute Gasteiger partial charge is 0.387 e. The summed E-state index contributed by atoms with van der Waals surface area (Å²) in [5, 5.41) is 12.4. The fourth-order valence-electron chi connectivity index (χ4n) is 2.52. The number of imide groups is 1. The Labute approximate surface area is 116 Å². The summed E-state index contributed by atoms with van der Waals surface area (Å²) in [6.45, 7) is 0.0377. The monoisotopic (exact) mass is 269 g/mol. The second-order valence-corrected chi connectivity index (χ2v) is 5.02. The van der Waals surface area contributed by atoms with Crippen molar-refractivity contribution in [2.75, 3.05) is 6.54 Å². The van der Waals surface area contributed by atoms with Crippen molar-refractivity contribution in [1.29, 1.82) is 0 Å². The molecule has 1 aliphatic heterocycles. The Bertz CT molecular complexity index is 664. The summed E-state index contributed by atoms with van der Waals surface area (Å²) < 4.78 is 0. The fraction of sp³-hybridized carbons (Fsp3) is 0.250. The summed E-state index contributed by atoms with van der Waals surface area (Å²) in [6.07, 6.45) is -0.336. The highest BCUT2D eigenvalue weighted by Crippen LogP contribution is 2.23. The zero-order valence-corrected chi connectivity index (χ0v) is 11.0. The summed E-state index contributed by atoms with van der Waals surface area (Å²) >= 11 is 0. The van der Waals surface area contributed by atoms with Crippen molar-refractivity contribution in [3.63, 3.8) is 0 Å². The highest BCUT2D eigenvalue weighted by Gasteiger charge is 2.30. The number of aliphatic hydroxyl groups is 1. The van der Waals surface area contributed by atoms with Gasteiger partial charge in [0.2, 0.25) is 11.8 Å². The van der Waals surface area contributed by atoms with Gasteiger partial charge < -0.3 is 5.11 Å². The smallest absolute Gasteiger partial charge is 0.229 e. The molecule has 1 heterocycles. The van der Waals surface area contributed by atoms with Crippen molar-refractivity contribution in [3.8, 4) is 0 Å². The molecule has 20 heavy (non-hydrogen) atoms. The molecule has 4 heteroatoms. The van der Waals surface area contributed by atoms with E-state index in [1.54, 1.807) is 0 Å². The maximum atomic E-state index is 11.6. The molecule has 4 nitrogen and oxygen atoms in total. The first-order chi connectivity index (χ1) is 9.65. The molecule has 0 aromatic heterocycles. The number of fused-ring (bicyclic) bond motifs is 1. The van der Waals surface area contributed by atoms with Gasteiger partial charge in [-0.1, -0.05) is 36.4 Å². The van der Waals surface area contributed by atoms with Crippen molar-refractivity contribution < 1.29 is 14.7 Å². The minimum absolute atomic E-state index is 0.0377. The second-order valence-electron chi connectivity index (χ2n) is 5.02. The normalized spacial score (nSPS) is 16.9. The second kappa shape index (κ2) is 5.06. The fourth-order valence-corrected chi connectivity index (χ4v) is 2.52. The molecular formula is C16H15NO3. The predicted octanol–water partition coefficient (Wildman–Crippen LogP) is 2.02. The van der Waals surface area contributed by atoms with Crippen LogP contribution in [0.1, 0.15) is 24.5 Å².